The summed E-state index contributed by atoms with van der Waals surface area (Å²) in [5.74, 6) is -0.440. The normalized spacial score (nSPS) is 16.7. The molecule has 0 unspecified atom stereocenters. The van der Waals surface area contributed by atoms with Gasteiger partial charge < -0.3 is 4.74 Å². The number of ether oxygens (including phenoxy) is 1. The molecule has 0 aromatic carbocycles. The Hall–Kier alpha value is -2.78. The lowest BCUT2D eigenvalue weighted by Gasteiger charge is -2.23. The van der Waals surface area contributed by atoms with E-state index in [1.807, 2.05) is 37.6 Å². The summed E-state index contributed by atoms with van der Waals surface area (Å²) in [5.41, 5.74) is 2.66. The molecule has 0 spiro atoms. The number of carbonyl (C=O) groups excluding carboxylic acids is 1. The molecule has 3 aromatic heterocycles. The molecule has 1 atom stereocenters. The molecule has 0 fully saturated rings. The minimum atomic E-state index is -0.539. The SMILES string of the molecule is CCOC(=O)C1=C(C)N=c2s/c(=C/c3cnn(C)c3C)c(=O)n2[C@@H]1c1cccs1. The van der Waals surface area contributed by atoms with Gasteiger partial charge in [-0.1, -0.05) is 17.4 Å². The minimum Gasteiger partial charge on any atom is -0.463 e. The molecule has 4 heterocycles. The summed E-state index contributed by atoms with van der Waals surface area (Å²) >= 11 is 2.82. The highest BCUT2D eigenvalue weighted by molar-refractivity contribution is 7.10. The number of rotatable bonds is 4. The van der Waals surface area contributed by atoms with Gasteiger partial charge in [-0.2, -0.15) is 5.10 Å². The summed E-state index contributed by atoms with van der Waals surface area (Å²) < 4.78 is 9.20. The lowest BCUT2D eigenvalue weighted by atomic mass is 10.0. The van der Waals surface area contributed by atoms with Gasteiger partial charge in [0.2, 0.25) is 0 Å². The Labute approximate surface area is 174 Å². The number of aromatic nitrogens is 3. The second kappa shape index (κ2) is 7.57. The highest BCUT2D eigenvalue weighted by Crippen LogP contribution is 2.33. The Kier molecular flexibility index (Phi) is 5.10. The molecule has 0 amide bonds. The van der Waals surface area contributed by atoms with Crippen LogP contribution in [-0.2, 0) is 16.6 Å². The van der Waals surface area contributed by atoms with E-state index in [1.165, 1.54) is 22.7 Å². The average Bonchev–Trinajstić information content (AvgIpc) is 3.39. The molecule has 1 aliphatic heterocycles. The molecule has 0 saturated carbocycles. The number of allylic oxidation sites excluding steroid dienone is 1. The van der Waals surface area contributed by atoms with Crippen LogP contribution in [0.2, 0.25) is 0 Å². The van der Waals surface area contributed by atoms with Crippen LogP contribution in [0.3, 0.4) is 0 Å². The average molecular weight is 429 g/mol. The molecular weight excluding hydrogens is 408 g/mol. The Bertz CT molecular complexity index is 1290. The fraction of sp³-hybridized carbons (Fsp3) is 0.300. The number of aryl methyl sites for hydroxylation is 1. The van der Waals surface area contributed by atoms with Crippen molar-refractivity contribution in [2.75, 3.05) is 6.61 Å². The lowest BCUT2D eigenvalue weighted by Crippen LogP contribution is -2.39. The van der Waals surface area contributed by atoms with Crippen LogP contribution < -0.4 is 14.9 Å². The third kappa shape index (κ3) is 3.30. The Morgan fingerprint density at radius 1 is 1.38 bits per heavy atom. The highest BCUT2D eigenvalue weighted by atomic mass is 32.1. The summed E-state index contributed by atoms with van der Waals surface area (Å²) in [6.07, 6.45) is 3.57. The summed E-state index contributed by atoms with van der Waals surface area (Å²) in [7, 11) is 1.86. The minimum absolute atomic E-state index is 0.176. The summed E-state index contributed by atoms with van der Waals surface area (Å²) in [6, 6.07) is 3.30. The molecule has 0 saturated heterocycles. The first-order chi connectivity index (χ1) is 13.9. The molecule has 0 radical (unpaired) electrons. The first-order valence-corrected chi connectivity index (χ1v) is 10.8. The molecule has 0 N–H and O–H groups in total. The first-order valence-electron chi connectivity index (χ1n) is 9.14. The van der Waals surface area contributed by atoms with Gasteiger partial charge in [-0.15, -0.1) is 11.3 Å². The number of fused-ring (bicyclic) bond motifs is 1. The predicted octanol–water partition coefficient (Wildman–Crippen LogP) is 1.90. The Morgan fingerprint density at radius 3 is 2.79 bits per heavy atom. The third-order valence-corrected chi connectivity index (χ3v) is 6.80. The standard InChI is InChI=1S/C20H20N4O3S2/c1-5-27-19(26)16-11(2)22-20-24(17(16)14-7-6-8-28-14)18(25)15(29-20)9-13-10-21-23(4)12(13)3/h6-10,17H,5H2,1-4H3/b15-9+/t17-/m1/s1. The van der Waals surface area contributed by atoms with Crippen molar-refractivity contribution in [3.8, 4) is 0 Å². The van der Waals surface area contributed by atoms with E-state index >= 15 is 0 Å². The van der Waals surface area contributed by atoms with Crippen LogP contribution in [-0.4, -0.2) is 26.9 Å². The van der Waals surface area contributed by atoms with Crippen molar-refractivity contribution in [3.63, 3.8) is 0 Å². The number of nitrogens with zero attached hydrogens (tertiary/aromatic N) is 4. The molecule has 0 aliphatic carbocycles. The number of thiophene rings is 1. The molecule has 3 aromatic rings. The summed E-state index contributed by atoms with van der Waals surface area (Å²) in [4.78, 5) is 32.1. The number of carbonyl (C=O) groups is 1. The van der Waals surface area contributed by atoms with Crippen molar-refractivity contribution in [2.45, 2.75) is 26.8 Å². The first kappa shape index (κ1) is 19.5. The van der Waals surface area contributed by atoms with Gasteiger partial charge in [0.25, 0.3) is 5.56 Å². The van der Waals surface area contributed by atoms with Crippen LogP contribution in [0, 0.1) is 6.92 Å². The topological polar surface area (TPSA) is 78.5 Å². The van der Waals surface area contributed by atoms with Gasteiger partial charge in [0.1, 0.15) is 6.04 Å². The second-order valence-electron chi connectivity index (χ2n) is 6.63. The molecule has 9 heteroatoms. The lowest BCUT2D eigenvalue weighted by molar-refractivity contribution is -0.139. The molecule has 7 nitrogen and oxygen atoms in total. The van der Waals surface area contributed by atoms with Crippen LogP contribution in [0.4, 0.5) is 0 Å². The van der Waals surface area contributed by atoms with Gasteiger partial charge in [0.15, 0.2) is 4.80 Å². The van der Waals surface area contributed by atoms with Crippen molar-refractivity contribution >= 4 is 34.7 Å². The Balaban J connectivity index is 1.96. The monoisotopic (exact) mass is 428 g/mol. The zero-order valence-electron chi connectivity index (χ0n) is 16.5. The summed E-state index contributed by atoms with van der Waals surface area (Å²) in [6.45, 7) is 5.76. The predicted molar refractivity (Wildman–Crippen MR) is 113 cm³/mol. The van der Waals surface area contributed by atoms with Crippen LogP contribution in [0.5, 0.6) is 0 Å². The quantitative estimate of drug-likeness (QED) is 0.595. The number of hydrogen-bond donors (Lipinski definition) is 0. The largest absolute Gasteiger partial charge is 0.463 e. The van der Waals surface area contributed by atoms with Gasteiger partial charge >= 0.3 is 5.97 Å². The molecule has 0 bridgehead atoms. The van der Waals surface area contributed by atoms with Gasteiger partial charge in [-0.3, -0.25) is 14.0 Å². The van der Waals surface area contributed by atoms with E-state index in [4.69, 9.17) is 4.74 Å². The number of thiazole rings is 1. The second-order valence-corrected chi connectivity index (χ2v) is 8.61. The van der Waals surface area contributed by atoms with E-state index in [0.29, 0.717) is 20.6 Å². The zero-order chi connectivity index (χ0) is 20.7. The fourth-order valence-corrected chi connectivity index (χ4v) is 5.17. The van der Waals surface area contributed by atoms with E-state index < -0.39 is 12.0 Å². The van der Waals surface area contributed by atoms with E-state index in [0.717, 1.165) is 16.1 Å². The van der Waals surface area contributed by atoms with Crippen LogP contribution in [0.1, 0.15) is 36.0 Å². The Morgan fingerprint density at radius 2 is 2.17 bits per heavy atom. The highest BCUT2D eigenvalue weighted by Gasteiger charge is 2.33. The van der Waals surface area contributed by atoms with E-state index in [-0.39, 0.29) is 12.2 Å². The van der Waals surface area contributed by atoms with Crippen molar-refractivity contribution in [2.24, 2.45) is 12.0 Å². The maximum atomic E-state index is 13.4. The van der Waals surface area contributed by atoms with Gasteiger partial charge in [0.05, 0.1) is 28.6 Å². The molecule has 29 heavy (non-hydrogen) atoms. The molecule has 1 aliphatic rings. The van der Waals surface area contributed by atoms with Crippen molar-refractivity contribution in [1.29, 1.82) is 0 Å². The molecular formula is C20H20N4O3S2. The van der Waals surface area contributed by atoms with Crippen LogP contribution in [0.15, 0.2) is 44.8 Å². The smallest absolute Gasteiger partial charge is 0.338 e. The van der Waals surface area contributed by atoms with Gasteiger partial charge in [-0.05, 0) is 38.3 Å². The van der Waals surface area contributed by atoms with Crippen molar-refractivity contribution < 1.29 is 9.53 Å². The van der Waals surface area contributed by atoms with Crippen LogP contribution in [0.25, 0.3) is 6.08 Å². The fourth-order valence-electron chi connectivity index (χ4n) is 3.31. The maximum absolute atomic E-state index is 13.4. The van der Waals surface area contributed by atoms with Crippen molar-refractivity contribution in [1.82, 2.24) is 14.3 Å². The maximum Gasteiger partial charge on any atom is 0.338 e. The van der Waals surface area contributed by atoms with E-state index in [1.54, 1.807) is 29.3 Å². The third-order valence-electron chi connectivity index (χ3n) is 4.89. The van der Waals surface area contributed by atoms with E-state index in [9.17, 15) is 9.59 Å². The number of hydrogen-bond acceptors (Lipinski definition) is 7. The molecule has 4 rings (SSSR count). The van der Waals surface area contributed by atoms with E-state index in [2.05, 4.69) is 10.1 Å². The number of esters is 1. The van der Waals surface area contributed by atoms with Gasteiger partial charge in [-0.25, -0.2) is 9.79 Å². The molecule has 150 valence electrons. The summed E-state index contributed by atoms with van der Waals surface area (Å²) in [5, 5.41) is 6.17. The van der Waals surface area contributed by atoms with Gasteiger partial charge in [0, 0.05) is 23.2 Å². The zero-order valence-corrected chi connectivity index (χ0v) is 18.1. The van der Waals surface area contributed by atoms with Crippen molar-refractivity contribution in [3.05, 3.63) is 70.8 Å². The van der Waals surface area contributed by atoms with Crippen LogP contribution >= 0.6 is 22.7 Å².